The number of amides is 1. The van der Waals surface area contributed by atoms with Gasteiger partial charge in [-0.25, -0.2) is 0 Å². The van der Waals surface area contributed by atoms with E-state index in [1.165, 1.54) is 6.08 Å². The zero-order valence-corrected chi connectivity index (χ0v) is 13.4. The number of hydrogen-bond donors (Lipinski definition) is 2. The Morgan fingerprint density at radius 2 is 1.92 bits per heavy atom. The van der Waals surface area contributed by atoms with Crippen LogP contribution in [0.1, 0.15) is 18.1 Å². The van der Waals surface area contributed by atoms with Crippen LogP contribution in [0.4, 0.5) is 5.82 Å². The number of carbonyl (C=O) groups is 1. The van der Waals surface area contributed by atoms with Gasteiger partial charge in [0.2, 0.25) is 5.91 Å². The lowest BCUT2D eigenvalue weighted by Crippen LogP contribution is -2.09. The SMILES string of the molecule is CCc1c(NC(=O)/C=C/c2ccccc2)n[nH]c1-c1ccncc1. The van der Waals surface area contributed by atoms with E-state index in [1.54, 1.807) is 18.5 Å². The second-order valence-electron chi connectivity index (χ2n) is 5.25. The molecule has 2 heterocycles. The zero-order chi connectivity index (χ0) is 16.8. The molecule has 0 radical (unpaired) electrons. The maximum absolute atomic E-state index is 12.1. The van der Waals surface area contributed by atoms with Gasteiger partial charge in [-0.05, 0) is 30.2 Å². The van der Waals surface area contributed by atoms with E-state index in [4.69, 9.17) is 0 Å². The molecular formula is C19H18N4O. The summed E-state index contributed by atoms with van der Waals surface area (Å²) in [5, 5.41) is 10.1. The highest BCUT2D eigenvalue weighted by Crippen LogP contribution is 2.26. The Bertz CT molecular complexity index is 838. The van der Waals surface area contributed by atoms with Crippen LogP contribution in [0.2, 0.25) is 0 Å². The van der Waals surface area contributed by atoms with Gasteiger partial charge in [0.15, 0.2) is 5.82 Å². The third kappa shape index (κ3) is 3.57. The summed E-state index contributed by atoms with van der Waals surface area (Å²) in [5.41, 5.74) is 3.85. The zero-order valence-electron chi connectivity index (χ0n) is 13.4. The topological polar surface area (TPSA) is 70.7 Å². The van der Waals surface area contributed by atoms with Gasteiger partial charge in [0.25, 0.3) is 0 Å². The van der Waals surface area contributed by atoms with Crippen LogP contribution >= 0.6 is 0 Å². The molecule has 0 bridgehead atoms. The molecule has 0 aliphatic heterocycles. The molecule has 24 heavy (non-hydrogen) atoms. The first-order chi connectivity index (χ1) is 11.8. The molecule has 0 atom stereocenters. The lowest BCUT2D eigenvalue weighted by Gasteiger charge is -2.03. The van der Waals surface area contributed by atoms with Gasteiger partial charge >= 0.3 is 0 Å². The number of nitrogens with zero attached hydrogens (tertiary/aromatic N) is 2. The smallest absolute Gasteiger partial charge is 0.249 e. The number of anilines is 1. The van der Waals surface area contributed by atoms with Gasteiger partial charge in [0, 0.05) is 29.6 Å². The van der Waals surface area contributed by atoms with Gasteiger partial charge in [-0.1, -0.05) is 37.3 Å². The summed E-state index contributed by atoms with van der Waals surface area (Å²) >= 11 is 0. The van der Waals surface area contributed by atoms with Crippen molar-refractivity contribution in [2.75, 3.05) is 5.32 Å². The molecule has 0 aliphatic rings. The molecule has 2 aromatic heterocycles. The number of benzene rings is 1. The second-order valence-corrected chi connectivity index (χ2v) is 5.25. The van der Waals surface area contributed by atoms with E-state index >= 15 is 0 Å². The van der Waals surface area contributed by atoms with Crippen molar-refractivity contribution in [3.8, 4) is 11.3 Å². The van der Waals surface area contributed by atoms with Gasteiger partial charge in [0.05, 0.1) is 5.69 Å². The minimum atomic E-state index is -0.207. The number of pyridine rings is 1. The molecule has 3 rings (SSSR count). The van der Waals surface area contributed by atoms with Crippen LogP contribution < -0.4 is 5.32 Å². The van der Waals surface area contributed by atoms with Crippen LogP contribution in [0.25, 0.3) is 17.3 Å². The highest BCUT2D eigenvalue weighted by atomic mass is 16.1. The third-order valence-corrected chi connectivity index (χ3v) is 3.66. The molecule has 0 fully saturated rings. The fourth-order valence-corrected chi connectivity index (χ4v) is 2.46. The van der Waals surface area contributed by atoms with E-state index < -0.39 is 0 Å². The summed E-state index contributed by atoms with van der Waals surface area (Å²) in [5.74, 6) is 0.355. The fourth-order valence-electron chi connectivity index (χ4n) is 2.46. The number of hydrogen-bond acceptors (Lipinski definition) is 3. The average Bonchev–Trinajstić information content (AvgIpc) is 3.04. The number of H-pyrrole nitrogens is 1. The van der Waals surface area contributed by atoms with Crippen LogP contribution in [-0.2, 0) is 11.2 Å². The van der Waals surface area contributed by atoms with Crippen molar-refractivity contribution in [2.24, 2.45) is 0 Å². The quantitative estimate of drug-likeness (QED) is 0.705. The van der Waals surface area contributed by atoms with Crippen LogP contribution in [0, 0.1) is 0 Å². The predicted octanol–water partition coefficient (Wildman–Crippen LogP) is 3.69. The van der Waals surface area contributed by atoms with Gasteiger partial charge in [-0.2, -0.15) is 5.10 Å². The van der Waals surface area contributed by atoms with E-state index in [0.29, 0.717) is 5.82 Å². The molecule has 0 aliphatic carbocycles. The molecule has 1 amide bonds. The third-order valence-electron chi connectivity index (χ3n) is 3.66. The molecule has 1 aromatic carbocycles. The maximum atomic E-state index is 12.1. The van der Waals surface area contributed by atoms with Crippen molar-refractivity contribution in [3.05, 3.63) is 72.1 Å². The summed E-state index contributed by atoms with van der Waals surface area (Å²) in [4.78, 5) is 16.2. The Labute approximate surface area is 140 Å². The Morgan fingerprint density at radius 1 is 1.17 bits per heavy atom. The Kier molecular flexibility index (Phi) is 4.81. The first-order valence-electron chi connectivity index (χ1n) is 7.79. The minimum absolute atomic E-state index is 0.207. The minimum Gasteiger partial charge on any atom is -0.305 e. The van der Waals surface area contributed by atoms with Gasteiger partial charge < -0.3 is 5.32 Å². The molecule has 2 N–H and O–H groups in total. The van der Waals surface area contributed by atoms with Crippen molar-refractivity contribution >= 4 is 17.8 Å². The lowest BCUT2D eigenvalue weighted by molar-refractivity contribution is -0.111. The molecule has 0 saturated carbocycles. The first-order valence-corrected chi connectivity index (χ1v) is 7.79. The van der Waals surface area contributed by atoms with Crippen LogP contribution in [0.3, 0.4) is 0 Å². The molecular weight excluding hydrogens is 300 g/mol. The highest BCUT2D eigenvalue weighted by molar-refractivity contribution is 6.02. The number of aromatic nitrogens is 3. The fraction of sp³-hybridized carbons (Fsp3) is 0.105. The molecule has 0 saturated heterocycles. The second kappa shape index (κ2) is 7.37. The van der Waals surface area contributed by atoms with E-state index in [9.17, 15) is 4.79 Å². The van der Waals surface area contributed by atoms with Crippen LogP contribution in [-0.4, -0.2) is 21.1 Å². The summed E-state index contributed by atoms with van der Waals surface area (Å²) in [7, 11) is 0. The number of carbonyl (C=O) groups excluding carboxylic acids is 1. The van der Waals surface area contributed by atoms with E-state index in [1.807, 2.05) is 49.4 Å². The number of rotatable bonds is 5. The van der Waals surface area contributed by atoms with Crippen LogP contribution in [0.15, 0.2) is 60.9 Å². The summed E-state index contributed by atoms with van der Waals surface area (Å²) in [6.07, 6.45) is 7.51. The van der Waals surface area contributed by atoms with E-state index in [2.05, 4.69) is 20.5 Å². The van der Waals surface area contributed by atoms with Crippen molar-refractivity contribution in [1.29, 1.82) is 0 Å². The summed E-state index contributed by atoms with van der Waals surface area (Å²) < 4.78 is 0. The Morgan fingerprint density at radius 3 is 2.62 bits per heavy atom. The predicted molar refractivity (Wildman–Crippen MR) is 95.3 cm³/mol. The standard InChI is InChI=1S/C19H18N4O/c1-2-16-18(15-10-12-20-13-11-15)22-23-19(16)21-17(24)9-8-14-6-4-3-5-7-14/h3-13H,2H2,1H3,(H2,21,22,23,24)/b9-8+. The Hall–Kier alpha value is -3.21. The summed E-state index contributed by atoms with van der Waals surface area (Å²) in [6.45, 7) is 2.03. The summed E-state index contributed by atoms with van der Waals surface area (Å²) in [6, 6.07) is 13.5. The van der Waals surface area contributed by atoms with Gasteiger partial charge in [-0.15, -0.1) is 0 Å². The lowest BCUT2D eigenvalue weighted by atomic mass is 10.1. The van der Waals surface area contributed by atoms with Gasteiger partial charge in [-0.3, -0.25) is 14.9 Å². The largest absolute Gasteiger partial charge is 0.305 e. The van der Waals surface area contributed by atoms with Crippen molar-refractivity contribution in [1.82, 2.24) is 15.2 Å². The molecule has 0 unspecified atom stereocenters. The average molecular weight is 318 g/mol. The van der Waals surface area contributed by atoms with Crippen LogP contribution in [0.5, 0.6) is 0 Å². The van der Waals surface area contributed by atoms with Crippen molar-refractivity contribution in [3.63, 3.8) is 0 Å². The van der Waals surface area contributed by atoms with Crippen molar-refractivity contribution in [2.45, 2.75) is 13.3 Å². The highest BCUT2D eigenvalue weighted by Gasteiger charge is 2.14. The molecule has 5 nitrogen and oxygen atoms in total. The number of aromatic amines is 1. The van der Waals surface area contributed by atoms with E-state index in [0.717, 1.165) is 28.8 Å². The maximum Gasteiger partial charge on any atom is 0.249 e. The molecule has 3 aromatic rings. The molecule has 120 valence electrons. The first kappa shape index (κ1) is 15.7. The molecule has 0 spiro atoms. The van der Waals surface area contributed by atoms with Gasteiger partial charge in [0.1, 0.15) is 0 Å². The number of nitrogens with one attached hydrogen (secondary N) is 2. The molecule has 5 heteroatoms. The monoisotopic (exact) mass is 318 g/mol. The normalized spacial score (nSPS) is 10.9. The van der Waals surface area contributed by atoms with Crippen molar-refractivity contribution < 1.29 is 4.79 Å². The Balaban J connectivity index is 1.77. The van der Waals surface area contributed by atoms with E-state index in [-0.39, 0.29) is 5.91 Å².